The summed E-state index contributed by atoms with van der Waals surface area (Å²) in [5, 5.41) is 12.4. The van der Waals surface area contributed by atoms with Gasteiger partial charge in [-0.25, -0.2) is 0 Å². The molecule has 1 aromatic rings. The SMILES string of the molecule is C[C@H](CNC1CC1)Cc1ccccc1OCCO. The summed E-state index contributed by atoms with van der Waals surface area (Å²) in [6.07, 6.45) is 3.69. The van der Waals surface area contributed by atoms with Crippen LogP contribution >= 0.6 is 0 Å². The monoisotopic (exact) mass is 249 g/mol. The molecule has 1 aliphatic carbocycles. The lowest BCUT2D eigenvalue weighted by molar-refractivity contribution is 0.200. The third kappa shape index (κ3) is 4.31. The fourth-order valence-electron chi connectivity index (χ4n) is 2.07. The molecule has 1 saturated carbocycles. The Hall–Kier alpha value is -1.06. The minimum atomic E-state index is 0.0626. The second-order valence-electron chi connectivity index (χ2n) is 5.17. The van der Waals surface area contributed by atoms with Gasteiger partial charge in [0, 0.05) is 6.04 Å². The summed E-state index contributed by atoms with van der Waals surface area (Å²) < 4.78 is 5.55. The van der Waals surface area contributed by atoms with Gasteiger partial charge in [-0.3, -0.25) is 0 Å². The number of aliphatic hydroxyl groups is 1. The van der Waals surface area contributed by atoms with E-state index in [1.54, 1.807) is 0 Å². The van der Waals surface area contributed by atoms with Crippen molar-refractivity contribution < 1.29 is 9.84 Å². The van der Waals surface area contributed by atoms with Gasteiger partial charge >= 0.3 is 0 Å². The lowest BCUT2D eigenvalue weighted by Crippen LogP contribution is -2.24. The van der Waals surface area contributed by atoms with Gasteiger partial charge in [0.25, 0.3) is 0 Å². The molecule has 18 heavy (non-hydrogen) atoms. The van der Waals surface area contributed by atoms with Crippen LogP contribution in [-0.4, -0.2) is 30.9 Å². The van der Waals surface area contributed by atoms with Crippen LogP contribution in [0.3, 0.4) is 0 Å². The topological polar surface area (TPSA) is 41.5 Å². The smallest absolute Gasteiger partial charge is 0.122 e. The van der Waals surface area contributed by atoms with Crippen molar-refractivity contribution in [1.82, 2.24) is 5.32 Å². The lowest BCUT2D eigenvalue weighted by Gasteiger charge is -2.15. The molecule has 1 atom stereocenters. The summed E-state index contributed by atoms with van der Waals surface area (Å²) >= 11 is 0. The third-order valence-corrected chi connectivity index (χ3v) is 3.22. The van der Waals surface area contributed by atoms with Crippen molar-refractivity contribution in [1.29, 1.82) is 0 Å². The van der Waals surface area contributed by atoms with E-state index in [1.165, 1.54) is 18.4 Å². The van der Waals surface area contributed by atoms with Crippen molar-refractivity contribution in [2.75, 3.05) is 19.8 Å². The van der Waals surface area contributed by atoms with E-state index in [9.17, 15) is 0 Å². The lowest BCUT2D eigenvalue weighted by atomic mass is 10.0. The first-order valence-electron chi connectivity index (χ1n) is 6.84. The molecule has 2 N–H and O–H groups in total. The van der Waals surface area contributed by atoms with Crippen molar-refractivity contribution in [3.8, 4) is 5.75 Å². The second-order valence-corrected chi connectivity index (χ2v) is 5.17. The summed E-state index contributed by atoms with van der Waals surface area (Å²) in [5.41, 5.74) is 1.23. The summed E-state index contributed by atoms with van der Waals surface area (Å²) in [6.45, 7) is 3.76. The molecule has 1 aromatic carbocycles. The Morgan fingerprint density at radius 2 is 2.17 bits per heavy atom. The van der Waals surface area contributed by atoms with E-state index in [0.29, 0.717) is 12.5 Å². The molecule has 2 rings (SSSR count). The molecule has 0 spiro atoms. The van der Waals surface area contributed by atoms with E-state index in [4.69, 9.17) is 9.84 Å². The van der Waals surface area contributed by atoms with Crippen LogP contribution < -0.4 is 10.1 Å². The van der Waals surface area contributed by atoms with Crippen LogP contribution in [-0.2, 0) is 6.42 Å². The molecule has 1 aliphatic rings. The largest absolute Gasteiger partial charge is 0.491 e. The molecule has 0 bridgehead atoms. The van der Waals surface area contributed by atoms with Gasteiger partial charge in [0.2, 0.25) is 0 Å². The van der Waals surface area contributed by atoms with Crippen molar-refractivity contribution in [3.05, 3.63) is 29.8 Å². The molecule has 0 aliphatic heterocycles. The Bertz CT molecular complexity index is 363. The predicted octanol–water partition coefficient (Wildman–Crippen LogP) is 1.99. The highest BCUT2D eigenvalue weighted by Gasteiger charge is 2.21. The van der Waals surface area contributed by atoms with Gasteiger partial charge in [-0.15, -0.1) is 0 Å². The van der Waals surface area contributed by atoms with Gasteiger partial charge in [0.05, 0.1) is 6.61 Å². The molecule has 3 nitrogen and oxygen atoms in total. The number of benzene rings is 1. The molecule has 0 saturated heterocycles. The highest BCUT2D eigenvalue weighted by Crippen LogP contribution is 2.22. The molecule has 1 fully saturated rings. The summed E-state index contributed by atoms with van der Waals surface area (Å²) in [7, 11) is 0. The van der Waals surface area contributed by atoms with Gasteiger partial charge in [-0.05, 0) is 43.4 Å². The number of nitrogens with one attached hydrogen (secondary N) is 1. The third-order valence-electron chi connectivity index (χ3n) is 3.22. The summed E-state index contributed by atoms with van der Waals surface area (Å²) in [4.78, 5) is 0. The maximum Gasteiger partial charge on any atom is 0.122 e. The molecule has 3 heteroatoms. The van der Waals surface area contributed by atoms with E-state index >= 15 is 0 Å². The van der Waals surface area contributed by atoms with Gasteiger partial charge < -0.3 is 15.2 Å². The number of hydrogen-bond donors (Lipinski definition) is 2. The molecule has 0 heterocycles. The number of rotatable bonds is 8. The van der Waals surface area contributed by atoms with Crippen molar-refractivity contribution in [2.45, 2.75) is 32.2 Å². The molecular formula is C15H23NO2. The van der Waals surface area contributed by atoms with Crippen molar-refractivity contribution in [2.24, 2.45) is 5.92 Å². The van der Waals surface area contributed by atoms with E-state index in [-0.39, 0.29) is 6.61 Å². The highest BCUT2D eigenvalue weighted by molar-refractivity contribution is 5.33. The number of para-hydroxylation sites is 1. The Morgan fingerprint density at radius 3 is 2.89 bits per heavy atom. The zero-order valence-electron chi connectivity index (χ0n) is 11.1. The number of aliphatic hydroxyl groups excluding tert-OH is 1. The average Bonchev–Trinajstić information content (AvgIpc) is 3.19. The van der Waals surface area contributed by atoms with Gasteiger partial charge in [-0.1, -0.05) is 25.1 Å². The zero-order valence-corrected chi connectivity index (χ0v) is 11.1. The summed E-state index contributed by atoms with van der Waals surface area (Å²) in [6, 6.07) is 8.88. The van der Waals surface area contributed by atoms with Crippen molar-refractivity contribution >= 4 is 0 Å². The molecule has 0 aromatic heterocycles. The Labute approximate surface area is 109 Å². The van der Waals surface area contributed by atoms with Crippen LogP contribution in [0.15, 0.2) is 24.3 Å². The first kappa shape index (κ1) is 13.4. The minimum absolute atomic E-state index is 0.0626. The van der Waals surface area contributed by atoms with Gasteiger partial charge in [0.15, 0.2) is 0 Å². The van der Waals surface area contributed by atoms with Crippen molar-refractivity contribution in [3.63, 3.8) is 0 Å². The second kappa shape index (κ2) is 6.76. The number of hydrogen-bond acceptors (Lipinski definition) is 3. The molecule has 0 radical (unpaired) electrons. The maximum atomic E-state index is 8.82. The first-order valence-corrected chi connectivity index (χ1v) is 6.84. The van der Waals surface area contributed by atoms with Crippen LogP contribution in [0.25, 0.3) is 0 Å². The van der Waals surface area contributed by atoms with Gasteiger partial charge in [-0.2, -0.15) is 0 Å². The normalized spacial score (nSPS) is 16.6. The van der Waals surface area contributed by atoms with Crippen LogP contribution in [0.5, 0.6) is 5.75 Å². The first-order chi connectivity index (χ1) is 8.79. The van der Waals surface area contributed by atoms with E-state index in [1.807, 2.05) is 18.2 Å². The Morgan fingerprint density at radius 1 is 1.39 bits per heavy atom. The maximum absolute atomic E-state index is 8.82. The minimum Gasteiger partial charge on any atom is -0.491 e. The molecule has 100 valence electrons. The Kier molecular flexibility index (Phi) is 5.02. The quantitative estimate of drug-likeness (QED) is 0.740. The van der Waals surface area contributed by atoms with E-state index in [0.717, 1.165) is 24.8 Å². The molecule has 0 unspecified atom stereocenters. The standard InChI is InChI=1S/C15H23NO2/c1-12(11-16-14-6-7-14)10-13-4-2-3-5-15(13)18-9-8-17/h2-5,12,14,16-17H,6-11H2,1H3/t12-/m0/s1. The molecule has 0 amide bonds. The van der Waals surface area contributed by atoms with Crippen LogP contribution in [0.2, 0.25) is 0 Å². The van der Waals surface area contributed by atoms with Crippen LogP contribution in [0.1, 0.15) is 25.3 Å². The highest BCUT2D eigenvalue weighted by atomic mass is 16.5. The predicted molar refractivity (Wildman–Crippen MR) is 72.9 cm³/mol. The number of ether oxygens (including phenoxy) is 1. The van der Waals surface area contributed by atoms with Gasteiger partial charge in [0.1, 0.15) is 12.4 Å². The van der Waals surface area contributed by atoms with Crippen LogP contribution in [0, 0.1) is 5.92 Å². The van der Waals surface area contributed by atoms with E-state index < -0.39 is 0 Å². The van der Waals surface area contributed by atoms with Crippen LogP contribution in [0.4, 0.5) is 0 Å². The van der Waals surface area contributed by atoms with E-state index in [2.05, 4.69) is 18.3 Å². The fourth-order valence-corrected chi connectivity index (χ4v) is 2.07. The average molecular weight is 249 g/mol. The zero-order chi connectivity index (χ0) is 12.8. The Balaban J connectivity index is 1.85. The fraction of sp³-hybridized carbons (Fsp3) is 0.600. The molecular weight excluding hydrogens is 226 g/mol. The summed E-state index contributed by atoms with van der Waals surface area (Å²) in [5.74, 6) is 1.51.